The standard InChI is InChI=1S/C15H20N4/c16-10-14-9-15(3-6-17-14)19-7-4-13(5-8-19)18-11-12-1-2-12/h3,6,9,12-13,18H,1-2,4-5,7-8,11H2. The second-order valence-electron chi connectivity index (χ2n) is 5.62. The first-order valence-electron chi connectivity index (χ1n) is 7.19. The third kappa shape index (κ3) is 3.24. The zero-order valence-electron chi connectivity index (χ0n) is 11.2. The van der Waals surface area contributed by atoms with Crippen molar-refractivity contribution < 1.29 is 0 Å². The number of anilines is 1. The van der Waals surface area contributed by atoms with E-state index in [-0.39, 0.29) is 0 Å². The molecule has 1 aliphatic heterocycles. The van der Waals surface area contributed by atoms with Crippen LogP contribution in [0.25, 0.3) is 0 Å². The minimum Gasteiger partial charge on any atom is -0.371 e. The van der Waals surface area contributed by atoms with Crippen molar-refractivity contribution in [2.75, 3.05) is 24.5 Å². The van der Waals surface area contributed by atoms with Gasteiger partial charge < -0.3 is 10.2 Å². The molecule has 0 bridgehead atoms. The topological polar surface area (TPSA) is 52.0 Å². The summed E-state index contributed by atoms with van der Waals surface area (Å²) in [6.45, 7) is 3.34. The SMILES string of the molecule is N#Cc1cc(N2CCC(NCC3CC3)CC2)ccn1. The lowest BCUT2D eigenvalue weighted by Crippen LogP contribution is -2.43. The predicted octanol–water partition coefficient (Wildman–Crippen LogP) is 1.92. The molecule has 0 aromatic carbocycles. The number of hydrogen-bond donors (Lipinski definition) is 1. The van der Waals surface area contributed by atoms with Crippen LogP contribution in [0.3, 0.4) is 0 Å². The molecule has 2 fully saturated rings. The number of nitrogens with zero attached hydrogens (tertiary/aromatic N) is 3. The summed E-state index contributed by atoms with van der Waals surface area (Å²) in [4.78, 5) is 6.38. The van der Waals surface area contributed by atoms with Gasteiger partial charge in [0.05, 0.1) is 0 Å². The fourth-order valence-electron chi connectivity index (χ4n) is 2.67. The van der Waals surface area contributed by atoms with Crippen molar-refractivity contribution in [1.29, 1.82) is 5.26 Å². The van der Waals surface area contributed by atoms with Gasteiger partial charge in [-0.15, -0.1) is 0 Å². The van der Waals surface area contributed by atoms with Crippen LogP contribution in [0.4, 0.5) is 5.69 Å². The van der Waals surface area contributed by atoms with Crippen LogP contribution >= 0.6 is 0 Å². The van der Waals surface area contributed by atoms with Crippen molar-refractivity contribution in [3.05, 3.63) is 24.0 Å². The fourth-order valence-corrected chi connectivity index (χ4v) is 2.67. The first kappa shape index (κ1) is 12.4. The molecule has 1 saturated heterocycles. The van der Waals surface area contributed by atoms with Crippen molar-refractivity contribution in [2.45, 2.75) is 31.7 Å². The molecule has 0 atom stereocenters. The van der Waals surface area contributed by atoms with E-state index in [9.17, 15) is 0 Å². The quantitative estimate of drug-likeness (QED) is 0.894. The van der Waals surface area contributed by atoms with Crippen LogP contribution in [0.1, 0.15) is 31.4 Å². The molecule has 0 spiro atoms. The lowest BCUT2D eigenvalue weighted by molar-refractivity contribution is 0.409. The number of nitrogens with one attached hydrogen (secondary N) is 1. The number of aromatic nitrogens is 1. The minimum atomic E-state index is 0.506. The highest BCUT2D eigenvalue weighted by molar-refractivity contribution is 5.49. The van der Waals surface area contributed by atoms with Crippen molar-refractivity contribution >= 4 is 5.69 Å². The molecule has 4 nitrogen and oxygen atoms in total. The summed E-state index contributed by atoms with van der Waals surface area (Å²) in [5.74, 6) is 0.955. The molecule has 3 rings (SSSR count). The molecule has 1 N–H and O–H groups in total. The van der Waals surface area contributed by atoms with Gasteiger partial charge in [0.1, 0.15) is 11.8 Å². The van der Waals surface area contributed by atoms with Crippen LogP contribution in [-0.2, 0) is 0 Å². The molecule has 0 radical (unpaired) electrons. The Morgan fingerprint density at radius 1 is 1.32 bits per heavy atom. The average Bonchev–Trinajstić information content (AvgIpc) is 3.30. The van der Waals surface area contributed by atoms with Crippen molar-refractivity contribution in [3.8, 4) is 6.07 Å². The predicted molar refractivity (Wildman–Crippen MR) is 74.9 cm³/mol. The van der Waals surface area contributed by atoms with Gasteiger partial charge in [0.25, 0.3) is 0 Å². The molecule has 2 aliphatic rings. The van der Waals surface area contributed by atoms with Gasteiger partial charge in [0.15, 0.2) is 0 Å². The van der Waals surface area contributed by atoms with E-state index in [0.717, 1.165) is 24.7 Å². The van der Waals surface area contributed by atoms with Crippen LogP contribution in [0, 0.1) is 17.2 Å². The highest BCUT2D eigenvalue weighted by atomic mass is 15.1. The van der Waals surface area contributed by atoms with E-state index >= 15 is 0 Å². The van der Waals surface area contributed by atoms with E-state index in [1.54, 1.807) is 6.20 Å². The first-order valence-corrected chi connectivity index (χ1v) is 7.19. The maximum atomic E-state index is 8.89. The van der Waals surface area contributed by atoms with E-state index < -0.39 is 0 Å². The lowest BCUT2D eigenvalue weighted by atomic mass is 10.0. The summed E-state index contributed by atoms with van der Waals surface area (Å²) in [6, 6.07) is 6.67. The summed E-state index contributed by atoms with van der Waals surface area (Å²) in [6.07, 6.45) is 6.94. The summed E-state index contributed by atoms with van der Waals surface area (Å²) in [5, 5.41) is 12.6. The molecule has 1 saturated carbocycles. The molecule has 1 aromatic rings. The molecule has 19 heavy (non-hydrogen) atoms. The molecule has 0 amide bonds. The van der Waals surface area contributed by atoms with Crippen LogP contribution in [0.2, 0.25) is 0 Å². The van der Waals surface area contributed by atoms with E-state index in [4.69, 9.17) is 5.26 Å². The third-order valence-corrected chi connectivity index (χ3v) is 4.11. The summed E-state index contributed by atoms with van der Waals surface area (Å²) < 4.78 is 0. The molecular weight excluding hydrogens is 236 g/mol. The maximum absolute atomic E-state index is 8.89. The maximum Gasteiger partial charge on any atom is 0.142 e. The van der Waals surface area contributed by atoms with Gasteiger partial charge in [-0.2, -0.15) is 5.26 Å². The Hall–Kier alpha value is -1.60. The highest BCUT2D eigenvalue weighted by Crippen LogP contribution is 2.28. The van der Waals surface area contributed by atoms with Gasteiger partial charge in [0, 0.05) is 31.0 Å². The van der Waals surface area contributed by atoms with E-state index in [1.807, 2.05) is 12.1 Å². The van der Waals surface area contributed by atoms with Gasteiger partial charge in [-0.25, -0.2) is 4.98 Å². The molecule has 1 aromatic heterocycles. The minimum absolute atomic E-state index is 0.506. The number of hydrogen-bond acceptors (Lipinski definition) is 4. The normalized spacial score (nSPS) is 20.3. The Kier molecular flexibility index (Phi) is 3.65. The fraction of sp³-hybridized carbons (Fsp3) is 0.600. The number of piperidine rings is 1. The number of nitriles is 1. The van der Waals surface area contributed by atoms with Crippen molar-refractivity contribution in [3.63, 3.8) is 0 Å². The van der Waals surface area contributed by atoms with Crippen LogP contribution in [0.15, 0.2) is 18.3 Å². The van der Waals surface area contributed by atoms with Crippen LogP contribution < -0.4 is 10.2 Å². The molecule has 100 valence electrons. The van der Waals surface area contributed by atoms with Gasteiger partial charge in [-0.3, -0.25) is 0 Å². The van der Waals surface area contributed by atoms with Gasteiger partial charge in [-0.1, -0.05) is 0 Å². The second kappa shape index (κ2) is 5.58. The average molecular weight is 256 g/mol. The van der Waals surface area contributed by atoms with Crippen LogP contribution in [0.5, 0.6) is 0 Å². The zero-order chi connectivity index (χ0) is 13.1. The third-order valence-electron chi connectivity index (χ3n) is 4.11. The smallest absolute Gasteiger partial charge is 0.142 e. The molecule has 2 heterocycles. The zero-order valence-corrected chi connectivity index (χ0v) is 11.2. The Labute approximate surface area is 114 Å². The highest BCUT2D eigenvalue weighted by Gasteiger charge is 2.24. The molecule has 1 aliphatic carbocycles. The Balaban J connectivity index is 1.52. The van der Waals surface area contributed by atoms with E-state index in [0.29, 0.717) is 11.7 Å². The summed E-state index contributed by atoms with van der Waals surface area (Å²) >= 11 is 0. The van der Waals surface area contributed by atoms with E-state index in [1.165, 1.54) is 32.2 Å². The Morgan fingerprint density at radius 3 is 2.79 bits per heavy atom. The summed E-state index contributed by atoms with van der Waals surface area (Å²) in [5.41, 5.74) is 1.64. The monoisotopic (exact) mass is 256 g/mol. The van der Waals surface area contributed by atoms with Gasteiger partial charge in [-0.05, 0) is 50.3 Å². The number of pyridine rings is 1. The number of rotatable bonds is 4. The molecule has 4 heteroatoms. The summed E-state index contributed by atoms with van der Waals surface area (Å²) in [7, 11) is 0. The molecule has 0 unspecified atom stereocenters. The van der Waals surface area contributed by atoms with Gasteiger partial charge in [0.2, 0.25) is 0 Å². The Bertz CT molecular complexity index is 467. The lowest BCUT2D eigenvalue weighted by Gasteiger charge is -2.34. The van der Waals surface area contributed by atoms with Crippen molar-refractivity contribution in [1.82, 2.24) is 10.3 Å². The first-order chi connectivity index (χ1) is 9.35. The van der Waals surface area contributed by atoms with Crippen LogP contribution in [-0.4, -0.2) is 30.7 Å². The Morgan fingerprint density at radius 2 is 2.11 bits per heavy atom. The second-order valence-corrected chi connectivity index (χ2v) is 5.62. The van der Waals surface area contributed by atoms with Crippen molar-refractivity contribution in [2.24, 2.45) is 5.92 Å². The molecular formula is C15H20N4. The van der Waals surface area contributed by atoms with E-state index in [2.05, 4.69) is 21.3 Å². The van der Waals surface area contributed by atoms with Gasteiger partial charge >= 0.3 is 0 Å². The largest absolute Gasteiger partial charge is 0.371 e.